The summed E-state index contributed by atoms with van der Waals surface area (Å²) in [5.41, 5.74) is 0. The van der Waals surface area contributed by atoms with Crippen LogP contribution in [0.25, 0.3) is 0 Å². The van der Waals surface area contributed by atoms with Gasteiger partial charge in [0.2, 0.25) is 0 Å². The highest BCUT2D eigenvalue weighted by molar-refractivity contribution is 5.69. The van der Waals surface area contributed by atoms with E-state index in [2.05, 4.69) is 62.5 Å². The van der Waals surface area contributed by atoms with Crippen molar-refractivity contribution >= 4 is 11.9 Å². The van der Waals surface area contributed by atoms with Crippen molar-refractivity contribution in [1.82, 2.24) is 0 Å². The predicted octanol–water partition coefficient (Wildman–Crippen LogP) is 11.2. The van der Waals surface area contributed by atoms with E-state index >= 15 is 0 Å². The lowest BCUT2D eigenvalue weighted by atomic mass is 10.0. The van der Waals surface area contributed by atoms with Crippen LogP contribution in [0.3, 0.4) is 0 Å². The van der Waals surface area contributed by atoms with E-state index in [1.165, 1.54) is 51.4 Å². The van der Waals surface area contributed by atoms with Gasteiger partial charge in [0.1, 0.15) is 6.10 Å². The summed E-state index contributed by atoms with van der Waals surface area (Å²) in [6.07, 6.45) is 41.2. The van der Waals surface area contributed by atoms with Crippen LogP contribution in [0, 0.1) is 0 Å². The lowest BCUT2D eigenvalue weighted by molar-refractivity contribution is -0.149. The first-order chi connectivity index (χ1) is 19.6. The van der Waals surface area contributed by atoms with Gasteiger partial charge < -0.3 is 9.84 Å². The maximum absolute atomic E-state index is 12.5. The van der Waals surface area contributed by atoms with Crippen molar-refractivity contribution in [2.75, 3.05) is 0 Å². The summed E-state index contributed by atoms with van der Waals surface area (Å²) in [6.45, 7) is 4.40. The first kappa shape index (κ1) is 37.9. The van der Waals surface area contributed by atoms with E-state index in [0.717, 1.165) is 83.5 Å². The molecule has 0 heterocycles. The summed E-state index contributed by atoms with van der Waals surface area (Å²) in [5, 5.41) is 8.77. The Morgan fingerprint density at radius 2 is 1.02 bits per heavy atom. The highest BCUT2D eigenvalue weighted by Gasteiger charge is 2.14. The van der Waals surface area contributed by atoms with Gasteiger partial charge >= 0.3 is 11.9 Å². The van der Waals surface area contributed by atoms with E-state index in [0.29, 0.717) is 6.42 Å². The second-order valence-electron chi connectivity index (χ2n) is 11.0. The van der Waals surface area contributed by atoms with Gasteiger partial charge in [-0.3, -0.25) is 9.59 Å². The predicted molar refractivity (Wildman–Crippen MR) is 172 cm³/mol. The third kappa shape index (κ3) is 30.4. The average Bonchev–Trinajstić information content (AvgIpc) is 2.93. The van der Waals surface area contributed by atoms with Crippen LogP contribution in [0.1, 0.15) is 162 Å². The fourth-order valence-electron chi connectivity index (χ4n) is 4.67. The quantitative estimate of drug-likeness (QED) is 0.0563. The van der Waals surface area contributed by atoms with Gasteiger partial charge in [0.15, 0.2) is 0 Å². The molecule has 4 nitrogen and oxygen atoms in total. The molecular formula is C36H62O4. The fraction of sp³-hybridized carbons (Fsp3) is 0.722. The van der Waals surface area contributed by atoms with Gasteiger partial charge in [-0.15, -0.1) is 0 Å². The molecule has 4 heteroatoms. The number of rotatable bonds is 29. The Morgan fingerprint density at radius 3 is 1.52 bits per heavy atom. The Morgan fingerprint density at radius 1 is 0.575 bits per heavy atom. The second kappa shape index (κ2) is 31.4. The van der Waals surface area contributed by atoms with Crippen molar-refractivity contribution in [3.05, 3.63) is 48.6 Å². The number of carboxylic acid groups (broad SMARTS) is 1. The normalized spacial score (nSPS) is 12.8. The molecule has 0 aliphatic carbocycles. The molecule has 0 fully saturated rings. The molecule has 0 rings (SSSR count). The van der Waals surface area contributed by atoms with Gasteiger partial charge in [0.05, 0.1) is 0 Å². The molecule has 1 N–H and O–H groups in total. The highest BCUT2D eigenvalue weighted by Crippen LogP contribution is 2.18. The minimum atomic E-state index is -0.710. The molecule has 0 spiro atoms. The monoisotopic (exact) mass is 558 g/mol. The van der Waals surface area contributed by atoms with Crippen molar-refractivity contribution in [2.24, 2.45) is 0 Å². The summed E-state index contributed by atoms with van der Waals surface area (Å²) >= 11 is 0. The topological polar surface area (TPSA) is 63.6 Å². The number of carbonyl (C=O) groups is 2. The van der Waals surface area contributed by atoms with E-state index in [1.54, 1.807) is 0 Å². The molecule has 230 valence electrons. The SMILES string of the molecule is CC/C=C\C/C=C\C/C=C\C/C=C\CCC(=O)OC(CCCCCCCCCCC)CCCCCCCC(=O)O. The van der Waals surface area contributed by atoms with Gasteiger partial charge in [-0.05, 0) is 64.2 Å². The molecule has 0 saturated carbocycles. The van der Waals surface area contributed by atoms with E-state index in [9.17, 15) is 9.59 Å². The summed E-state index contributed by atoms with van der Waals surface area (Å²) in [4.78, 5) is 23.2. The highest BCUT2D eigenvalue weighted by atomic mass is 16.5. The largest absolute Gasteiger partial charge is 0.481 e. The number of carbonyl (C=O) groups excluding carboxylic acids is 1. The molecule has 0 aliphatic heterocycles. The molecule has 0 amide bonds. The van der Waals surface area contributed by atoms with Crippen LogP contribution in [-0.4, -0.2) is 23.1 Å². The second-order valence-corrected chi connectivity index (χ2v) is 11.0. The van der Waals surface area contributed by atoms with Gasteiger partial charge in [0.25, 0.3) is 0 Å². The number of unbranched alkanes of at least 4 members (excludes halogenated alkanes) is 12. The van der Waals surface area contributed by atoms with Gasteiger partial charge in [-0.1, -0.05) is 133 Å². The molecule has 40 heavy (non-hydrogen) atoms. The molecule has 0 aromatic carbocycles. The van der Waals surface area contributed by atoms with Gasteiger partial charge in [0, 0.05) is 12.8 Å². The third-order valence-corrected chi connectivity index (χ3v) is 7.08. The summed E-state index contributed by atoms with van der Waals surface area (Å²) in [6, 6.07) is 0. The molecule has 0 radical (unpaired) electrons. The standard InChI is InChI=1S/C36H62O4/c1-3-5-7-9-11-13-14-15-16-18-20-25-29-33-36(39)40-34(31-27-23-21-24-28-32-35(37)38)30-26-22-19-17-12-10-8-6-4-2/h5,7,11,13,15-16,20,25,34H,3-4,6,8-10,12,14,17-19,21-24,26-33H2,1-2H3,(H,37,38)/b7-5-,13-11-,16-15-,25-20-. The molecule has 0 saturated heterocycles. The number of aliphatic carboxylic acids is 1. The van der Waals surface area contributed by atoms with Crippen molar-refractivity contribution in [3.63, 3.8) is 0 Å². The molecule has 0 aromatic heterocycles. The van der Waals surface area contributed by atoms with Crippen LogP contribution >= 0.6 is 0 Å². The van der Waals surface area contributed by atoms with Crippen molar-refractivity contribution in [1.29, 1.82) is 0 Å². The number of hydrogen-bond acceptors (Lipinski definition) is 3. The van der Waals surface area contributed by atoms with E-state index in [1.807, 2.05) is 0 Å². The van der Waals surface area contributed by atoms with Crippen LogP contribution in [-0.2, 0) is 14.3 Å². The van der Waals surface area contributed by atoms with Gasteiger partial charge in [-0.2, -0.15) is 0 Å². The fourth-order valence-corrected chi connectivity index (χ4v) is 4.67. The summed E-state index contributed by atoms with van der Waals surface area (Å²) in [5.74, 6) is -0.789. The summed E-state index contributed by atoms with van der Waals surface area (Å²) in [7, 11) is 0. The zero-order chi connectivity index (χ0) is 29.4. The Bertz CT molecular complexity index is 689. The molecule has 0 aliphatic rings. The Balaban J connectivity index is 4.21. The van der Waals surface area contributed by atoms with E-state index in [4.69, 9.17) is 9.84 Å². The Labute approximate surface area is 247 Å². The number of carboxylic acids is 1. The van der Waals surface area contributed by atoms with Crippen molar-refractivity contribution < 1.29 is 19.4 Å². The number of ether oxygens (including phenoxy) is 1. The smallest absolute Gasteiger partial charge is 0.306 e. The molecule has 1 atom stereocenters. The molecule has 0 bridgehead atoms. The average molecular weight is 559 g/mol. The molecular weight excluding hydrogens is 496 g/mol. The number of allylic oxidation sites excluding steroid dienone is 8. The van der Waals surface area contributed by atoms with E-state index < -0.39 is 5.97 Å². The van der Waals surface area contributed by atoms with Crippen molar-refractivity contribution in [3.8, 4) is 0 Å². The minimum Gasteiger partial charge on any atom is -0.481 e. The van der Waals surface area contributed by atoms with Crippen LogP contribution in [0.2, 0.25) is 0 Å². The lowest BCUT2D eigenvalue weighted by Crippen LogP contribution is -2.18. The Kier molecular flexibility index (Phi) is 29.8. The maximum Gasteiger partial charge on any atom is 0.306 e. The zero-order valence-corrected chi connectivity index (χ0v) is 26.1. The van der Waals surface area contributed by atoms with Crippen LogP contribution in [0.5, 0.6) is 0 Å². The van der Waals surface area contributed by atoms with Crippen LogP contribution < -0.4 is 0 Å². The first-order valence-corrected chi connectivity index (χ1v) is 16.6. The summed E-state index contributed by atoms with van der Waals surface area (Å²) < 4.78 is 5.91. The maximum atomic E-state index is 12.5. The number of hydrogen-bond donors (Lipinski definition) is 1. The first-order valence-electron chi connectivity index (χ1n) is 16.6. The van der Waals surface area contributed by atoms with Gasteiger partial charge in [-0.25, -0.2) is 0 Å². The number of esters is 1. The third-order valence-electron chi connectivity index (χ3n) is 7.08. The minimum absolute atomic E-state index is 0.0218. The molecule has 1 unspecified atom stereocenters. The molecule has 0 aromatic rings. The van der Waals surface area contributed by atoms with Crippen molar-refractivity contribution in [2.45, 2.75) is 168 Å². The van der Waals surface area contributed by atoms with Crippen LogP contribution in [0.4, 0.5) is 0 Å². The van der Waals surface area contributed by atoms with E-state index in [-0.39, 0.29) is 18.5 Å². The van der Waals surface area contributed by atoms with Crippen LogP contribution in [0.15, 0.2) is 48.6 Å². The lowest BCUT2D eigenvalue weighted by Gasteiger charge is -2.18. The zero-order valence-electron chi connectivity index (χ0n) is 26.1. The Hall–Kier alpha value is -2.10.